The van der Waals surface area contributed by atoms with Crippen molar-refractivity contribution in [2.24, 2.45) is 5.84 Å². The number of hydrazine groups is 1. The molecule has 1 atom stereocenters. The number of benzene rings is 1. The summed E-state index contributed by atoms with van der Waals surface area (Å²) < 4.78 is 4.90. The third kappa shape index (κ3) is 4.00. The maximum Gasteiger partial charge on any atom is 0.324 e. The third-order valence-corrected chi connectivity index (χ3v) is 2.34. The van der Waals surface area contributed by atoms with Crippen LogP contribution in [0.15, 0.2) is 30.3 Å². The van der Waals surface area contributed by atoms with Crippen LogP contribution in [0.2, 0.25) is 0 Å². The van der Waals surface area contributed by atoms with Crippen molar-refractivity contribution >= 4 is 5.97 Å². The minimum absolute atomic E-state index is 0.291. The number of esters is 1. The number of nitrogens with one attached hydrogen (secondary N) is 1. The molecule has 3 N–H and O–H groups in total. The average Bonchev–Trinajstić information content (AvgIpc) is 2.31. The molecule has 4 nitrogen and oxygen atoms in total. The number of aryl methyl sites for hydroxylation is 1. The summed E-state index contributed by atoms with van der Waals surface area (Å²) in [5.74, 6) is 5.03. The number of carbonyl (C=O) groups excluding carboxylic acids is 1. The van der Waals surface area contributed by atoms with Crippen LogP contribution in [-0.4, -0.2) is 18.6 Å². The Balaban J connectivity index is 2.43. The van der Waals surface area contributed by atoms with Gasteiger partial charge in [0.15, 0.2) is 0 Å². The zero-order valence-corrected chi connectivity index (χ0v) is 9.48. The van der Waals surface area contributed by atoms with Crippen molar-refractivity contribution in [1.29, 1.82) is 0 Å². The summed E-state index contributed by atoms with van der Waals surface area (Å²) in [4.78, 5) is 11.4. The largest absolute Gasteiger partial charge is 0.465 e. The molecule has 0 heterocycles. The van der Waals surface area contributed by atoms with Crippen LogP contribution < -0.4 is 11.3 Å². The maximum atomic E-state index is 11.4. The summed E-state index contributed by atoms with van der Waals surface area (Å²) in [6.45, 7) is 2.16. The Kier molecular flexibility index (Phi) is 5.53. The summed E-state index contributed by atoms with van der Waals surface area (Å²) in [6, 6.07) is 9.54. The van der Waals surface area contributed by atoms with E-state index < -0.39 is 6.04 Å². The number of hydrogen-bond acceptors (Lipinski definition) is 4. The lowest BCUT2D eigenvalue weighted by molar-refractivity contribution is -0.145. The first-order valence-corrected chi connectivity index (χ1v) is 5.44. The van der Waals surface area contributed by atoms with Crippen molar-refractivity contribution in [3.8, 4) is 0 Å². The Morgan fingerprint density at radius 1 is 1.44 bits per heavy atom. The fourth-order valence-electron chi connectivity index (χ4n) is 1.47. The van der Waals surface area contributed by atoms with E-state index in [-0.39, 0.29) is 5.97 Å². The number of hydrogen-bond donors (Lipinski definition) is 2. The van der Waals surface area contributed by atoms with Crippen LogP contribution >= 0.6 is 0 Å². The first kappa shape index (κ1) is 12.7. The van der Waals surface area contributed by atoms with Gasteiger partial charge in [-0.15, -0.1) is 0 Å². The monoisotopic (exact) mass is 222 g/mol. The number of ether oxygens (including phenoxy) is 1. The van der Waals surface area contributed by atoms with Crippen molar-refractivity contribution in [1.82, 2.24) is 5.43 Å². The van der Waals surface area contributed by atoms with Gasteiger partial charge in [0.25, 0.3) is 0 Å². The summed E-state index contributed by atoms with van der Waals surface area (Å²) in [6.07, 6.45) is 1.44. The van der Waals surface area contributed by atoms with E-state index >= 15 is 0 Å². The predicted molar refractivity (Wildman–Crippen MR) is 62.5 cm³/mol. The van der Waals surface area contributed by atoms with Gasteiger partial charge in [0.2, 0.25) is 0 Å². The fraction of sp³-hybridized carbons (Fsp3) is 0.417. The van der Waals surface area contributed by atoms with Crippen molar-refractivity contribution in [3.63, 3.8) is 0 Å². The molecule has 1 aromatic rings. The van der Waals surface area contributed by atoms with E-state index in [4.69, 9.17) is 10.6 Å². The van der Waals surface area contributed by atoms with Gasteiger partial charge in [-0.1, -0.05) is 30.3 Å². The highest BCUT2D eigenvalue weighted by molar-refractivity contribution is 5.75. The SMILES string of the molecule is CCOC(=O)[C@H](CCc1ccccc1)NN. The van der Waals surface area contributed by atoms with Crippen LogP contribution in [-0.2, 0) is 16.0 Å². The number of nitrogens with two attached hydrogens (primary N) is 1. The van der Waals surface area contributed by atoms with Crippen LogP contribution in [0.25, 0.3) is 0 Å². The molecule has 0 bridgehead atoms. The van der Waals surface area contributed by atoms with Crippen LogP contribution in [0.5, 0.6) is 0 Å². The summed E-state index contributed by atoms with van der Waals surface area (Å²) in [7, 11) is 0. The lowest BCUT2D eigenvalue weighted by atomic mass is 10.1. The van der Waals surface area contributed by atoms with Gasteiger partial charge in [0, 0.05) is 0 Å². The van der Waals surface area contributed by atoms with Crippen LogP contribution in [0, 0.1) is 0 Å². The Labute approximate surface area is 95.8 Å². The van der Waals surface area contributed by atoms with Gasteiger partial charge >= 0.3 is 5.97 Å². The molecular weight excluding hydrogens is 204 g/mol. The highest BCUT2D eigenvalue weighted by Gasteiger charge is 2.17. The van der Waals surface area contributed by atoms with E-state index in [2.05, 4.69) is 5.43 Å². The van der Waals surface area contributed by atoms with Crippen molar-refractivity contribution in [2.75, 3.05) is 6.61 Å². The Bertz CT molecular complexity index is 314. The molecule has 0 amide bonds. The molecule has 1 rings (SSSR count). The van der Waals surface area contributed by atoms with Gasteiger partial charge in [0.05, 0.1) is 6.61 Å². The predicted octanol–water partition coefficient (Wildman–Crippen LogP) is 1.01. The van der Waals surface area contributed by atoms with Gasteiger partial charge < -0.3 is 4.74 Å². The quantitative estimate of drug-likeness (QED) is 0.428. The van der Waals surface area contributed by atoms with E-state index in [1.54, 1.807) is 6.92 Å². The van der Waals surface area contributed by atoms with Gasteiger partial charge in [-0.05, 0) is 25.3 Å². The zero-order chi connectivity index (χ0) is 11.8. The van der Waals surface area contributed by atoms with E-state index in [9.17, 15) is 4.79 Å². The maximum absolute atomic E-state index is 11.4. The highest BCUT2D eigenvalue weighted by Crippen LogP contribution is 2.05. The molecule has 16 heavy (non-hydrogen) atoms. The standard InChI is InChI=1S/C12H18N2O2/c1-2-16-12(15)11(14-13)9-8-10-6-4-3-5-7-10/h3-7,11,14H,2,8-9,13H2,1H3/t11-/m0/s1. The minimum atomic E-state index is -0.430. The fourth-order valence-corrected chi connectivity index (χ4v) is 1.47. The molecule has 0 aliphatic carbocycles. The molecule has 1 aromatic carbocycles. The zero-order valence-electron chi connectivity index (χ0n) is 9.48. The van der Waals surface area contributed by atoms with Crippen molar-refractivity contribution in [2.45, 2.75) is 25.8 Å². The van der Waals surface area contributed by atoms with Crippen LogP contribution in [0.3, 0.4) is 0 Å². The second-order valence-electron chi connectivity index (χ2n) is 3.50. The third-order valence-electron chi connectivity index (χ3n) is 2.34. The lowest BCUT2D eigenvalue weighted by Crippen LogP contribution is -2.42. The molecule has 0 fully saturated rings. The molecule has 0 spiro atoms. The topological polar surface area (TPSA) is 64.3 Å². The average molecular weight is 222 g/mol. The number of carbonyl (C=O) groups is 1. The molecule has 0 aliphatic heterocycles. The smallest absolute Gasteiger partial charge is 0.324 e. The first-order chi connectivity index (χ1) is 7.77. The lowest BCUT2D eigenvalue weighted by Gasteiger charge is -2.13. The molecule has 0 saturated heterocycles. The van der Waals surface area contributed by atoms with E-state index in [1.165, 1.54) is 5.56 Å². The second kappa shape index (κ2) is 6.98. The van der Waals surface area contributed by atoms with Crippen LogP contribution in [0.4, 0.5) is 0 Å². The van der Waals surface area contributed by atoms with Gasteiger partial charge in [-0.2, -0.15) is 0 Å². The molecule has 0 radical (unpaired) electrons. The Morgan fingerprint density at radius 3 is 2.69 bits per heavy atom. The second-order valence-corrected chi connectivity index (χ2v) is 3.50. The van der Waals surface area contributed by atoms with Gasteiger partial charge in [0.1, 0.15) is 6.04 Å². The number of rotatable bonds is 6. The highest BCUT2D eigenvalue weighted by atomic mass is 16.5. The molecule has 88 valence electrons. The van der Waals surface area contributed by atoms with Gasteiger partial charge in [-0.25, -0.2) is 5.43 Å². The van der Waals surface area contributed by atoms with Gasteiger partial charge in [-0.3, -0.25) is 10.6 Å². The molecular formula is C12H18N2O2. The summed E-state index contributed by atoms with van der Waals surface area (Å²) in [5.41, 5.74) is 3.67. The summed E-state index contributed by atoms with van der Waals surface area (Å²) >= 11 is 0. The van der Waals surface area contributed by atoms with Crippen molar-refractivity contribution < 1.29 is 9.53 Å². The van der Waals surface area contributed by atoms with Crippen LogP contribution in [0.1, 0.15) is 18.9 Å². The van der Waals surface area contributed by atoms with E-state index in [0.29, 0.717) is 13.0 Å². The Hall–Kier alpha value is -1.39. The molecule has 0 aromatic heterocycles. The first-order valence-electron chi connectivity index (χ1n) is 5.44. The Morgan fingerprint density at radius 2 is 2.12 bits per heavy atom. The van der Waals surface area contributed by atoms with E-state index in [0.717, 1.165) is 6.42 Å². The molecule has 4 heteroatoms. The molecule has 0 saturated carbocycles. The van der Waals surface area contributed by atoms with Crippen molar-refractivity contribution in [3.05, 3.63) is 35.9 Å². The normalized spacial score (nSPS) is 12.1. The molecule has 0 unspecified atom stereocenters. The molecule has 0 aliphatic rings. The minimum Gasteiger partial charge on any atom is -0.465 e. The van der Waals surface area contributed by atoms with E-state index in [1.807, 2.05) is 30.3 Å². The summed E-state index contributed by atoms with van der Waals surface area (Å²) in [5, 5.41) is 0.